The van der Waals surface area contributed by atoms with Crippen LogP contribution in [0.15, 0.2) is 30.3 Å². The van der Waals surface area contributed by atoms with Gasteiger partial charge in [0.05, 0.1) is 12.6 Å². The Bertz CT molecular complexity index is 850. The quantitative estimate of drug-likeness (QED) is 0.708. The van der Waals surface area contributed by atoms with Gasteiger partial charge in [0, 0.05) is 25.6 Å². The lowest BCUT2D eigenvalue weighted by Crippen LogP contribution is -2.48. The van der Waals surface area contributed by atoms with Gasteiger partial charge in [-0.25, -0.2) is 19.3 Å². The van der Waals surface area contributed by atoms with Crippen LogP contribution in [0, 0.1) is 5.92 Å². The number of rotatable bonds is 6. The molecule has 1 aromatic carbocycles. The molecule has 2 bridgehead atoms. The van der Waals surface area contributed by atoms with E-state index in [9.17, 15) is 19.2 Å². The highest BCUT2D eigenvalue weighted by molar-refractivity contribution is 5.91. The number of carbonyl (C=O) groups is 4. The largest absolute Gasteiger partial charge is 0.465 e. The second-order valence-electron chi connectivity index (χ2n) is 7.62. The van der Waals surface area contributed by atoms with Crippen LogP contribution in [0.3, 0.4) is 0 Å². The smallest absolute Gasteiger partial charge is 0.416 e. The number of likely N-dealkylation sites (tertiary alicyclic amines) is 1. The van der Waals surface area contributed by atoms with Crippen LogP contribution in [-0.4, -0.2) is 92.4 Å². The Balaban J connectivity index is 1.38. The van der Waals surface area contributed by atoms with E-state index in [4.69, 9.17) is 15.1 Å². The molecule has 0 saturated carbocycles. The predicted molar refractivity (Wildman–Crippen MR) is 100 cm³/mol. The van der Waals surface area contributed by atoms with Gasteiger partial charge in [-0.05, 0) is 12.0 Å². The molecule has 11 nitrogen and oxygen atoms in total. The van der Waals surface area contributed by atoms with Crippen molar-refractivity contribution in [1.29, 1.82) is 0 Å². The first-order valence-electron chi connectivity index (χ1n) is 9.65. The van der Waals surface area contributed by atoms with Gasteiger partial charge < -0.3 is 20.0 Å². The van der Waals surface area contributed by atoms with Crippen LogP contribution in [0.5, 0.6) is 0 Å². The maximum atomic E-state index is 12.9. The molecule has 3 aliphatic rings. The Morgan fingerprint density at radius 2 is 1.80 bits per heavy atom. The first-order valence-corrected chi connectivity index (χ1v) is 9.65. The van der Waals surface area contributed by atoms with Crippen molar-refractivity contribution in [2.45, 2.75) is 25.1 Å². The summed E-state index contributed by atoms with van der Waals surface area (Å²) in [6.45, 7) is 0.631. The number of fused-ring (bicyclic) bond motifs is 4. The molecule has 3 atom stereocenters. The molecule has 11 heteroatoms. The zero-order valence-corrected chi connectivity index (χ0v) is 16.1. The SMILES string of the molecule is O=C1[C@@H]2[C@@H](C[C@@H]3CN2C(=O)N3OCc2ccccc2)CN1CCN(C(=O)O)C(=O)O. The molecule has 3 heterocycles. The van der Waals surface area contributed by atoms with Crippen molar-refractivity contribution in [2.75, 3.05) is 26.2 Å². The summed E-state index contributed by atoms with van der Waals surface area (Å²) in [7, 11) is 0. The van der Waals surface area contributed by atoms with Gasteiger partial charge in [0.2, 0.25) is 5.91 Å². The van der Waals surface area contributed by atoms with E-state index >= 15 is 0 Å². The van der Waals surface area contributed by atoms with E-state index in [1.165, 1.54) is 14.9 Å². The van der Waals surface area contributed by atoms with Crippen molar-refractivity contribution in [3.05, 3.63) is 35.9 Å². The first kappa shape index (κ1) is 20.0. The van der Waals surface area contributed by atoms with Gasteiger partial charge in [0.15, 0.2) is 0 Å². The fraction of sp³-hybridized carbons (Fsp3) is 0.474. The number of piperidine rings is 1. The third-order valence-electron chi connectivity index (χ3n) is 5.82. The molecule has 0 radical (unpaired) electrons. The Hall–Kier alpha value is -3.34. The van der Waals surface area contributed by atoms with Crippen LogP contribution in [0.1, 0.15) is 12.0 Å². The van der Waals surface area contributed by atoms with Crippen molar-refractivity contribution >= 4 is 24.1 Å². The van der Waals surface area contributed by atoms with Gasteiger partial charge >= 0.3 is 18.2 Å². The Morgan fingerprint density at radius 1 is 1.10 bits per heavy atom. The average molecular weight is 418 g/mol. The van der Waals surface area contributed by atoms with E-state index in [1.807, 2.05) is 30.3 Å². The highest BCUT2D eigenvalue weighted by Crippen LogP contribution is 2.38. The third-order valence-corrected chi connectivity index (χ3v) is 5.82. The molecule has 3 aliphatic heterocycles. The lowest BCUT2D eigenvalue weighted by Gasteiger charge is -2.30. The summed E-state index contributed by atoms with van der Waals surface area (Å²) in [5.41, 5.74) is 0.936. The van der Waals surface area contributed by atoms with Crippen molar-refractivity contribution in [1.82, 2.24) is 19.8 Å². The third kappa shape index (κ3) is 3.52. The van der Waals surface area contributed by atoms with Gasteiger partial charge in [0.1, 0.15) is 12.6 Å². The molecule has 0 unspecified atom stereocenters. The van der Waals surface area contributed by atoms with Crippen molar-refractivity contribution in [3.63, 3.8) is 0 Å². The topological polar surface area (TPSA) is 131 Å². The number of hydroxylamine groups is 2. The summed E-state index contributed by atoms with van der Waals surface area (Å²) in [6.07, 6.45) is -2.59. The molecule has 4 rings (SSSR count). The van der Waals surface area contributed by atoms with Gasteiger partial charge in [-0.2, -0.15) is 5.06 Å². The van der Waals surface area contributed by atoms with E-state index in [-0.39, 0.29) is 48.5 Å². The van der Waals surface area contributed by atoms with Gasteiger partial charge in [-0.15, -0.1) is 0 Å². The average Bonchev–Trinajstić information content (AvgIpc) is 3.15. The number of imide groups is 1. The number of nitrogens with zero attached hydrogens (tertiary/aromatic N) is 4. The van der Waals surface area contributed by atoms with Gasteiger partial charge in [-0.1, -0.05) is 30.3 Å². The summed E-state index contributed by atoms with van der Waals surface area (Å²) in [5.74, 6) is -0.388. The Morgan fingerprint density at radius 3 is 2.47 bits per heavy atom. The first-order chi connectivity index (χ1) is 14.4. The lowest BCUT2D eigenvalue weighted by molar-refractivity contribution is -0.142. The number of benzene rings is 1. The zero-order valence-electron chi connectivity index (χ0n) is 16.1. The minimum Gasteiger partial charge on any atom is -0.465 e. The van der Waals surface area contributed by atoms with Crippen LogP contribution < -0.4 is 0 Å². The maximum absolute atomic E-state index is 12.9. The summed E-state index contributed by atoms with van der Waals surface area (Å²) in [6, 6.07) is 8.35. The minimum atomic E-state index is -1.59. The Labute approximate surface area is 171 Å². The van der Waals surface area contributed by atoms with Crippen LogP contribution in [0.25, 0.3) is 0 Å². The fourth-order valence-corrected chi connectivity index (χ4v) is 4.44. The van der Waals surface area contributed by atoms with Crippen LogP contribution in [0.4, 0.5) is 14.4 Å². The van der Waals surface area contributed by atoms with E-state index in [0.29, 0.717) is 19.5 Å². The molecular weight excluding hydrogens is 396 g/mol. The highest BCUT2D eigenvalue weighted by atomic mass is 16.7. The van der Waals surface area contributed by atoms with Crippen molar-refractivity contribution in [3.8, 4) is 0 Å². The lowest BCUT2D eigenvalue weighted by atomic mass is 9.90. The number of amides is 5. The molecular formula is C19H22N4O7. The molecule has 30 heavy (non-hydrogen) atoms. The standard InChI is InChI=1S/C19H22N4O7/c24-16-15-13(9-20(16)6-7-21(18(26)27)19(28)29)8-14-10-22(15)17(25)23(14)30-11-12-4-2-1-3-5-12/h1-5,13-15H,6-11H2,(H,26,27)(H,28,29)/t13-,14+,15-/m0/s1. The summed E-state index contributed by atoms with van der Waals surface area (Å²) in [5, 5.41) is 19.2. The summed E-state index contributed by atoms with van der Waals surface area (Å²) < 4.78 is 0. The van der Waals surface area contributed by atoms with Crippen LogP contribution >= 0.6 is 0 Å². The Kier molecular flexibility index (Phi) is 5.20. The molecule has 0 aromatic heterocycles. The second-order valence-corrected chi connectivity index (χ2v) is 7.62. The maximum Gasteiger partial charge on any atom is 0.416 e. The van der Waals surface area contributed by atoms with E-state index in [1.54, 1.807) is 0 Å². The van der Waals surface area contributed by atoms with E-state index in [0.717, 1.165) is 5.56 Å². The molecule has 1 aromatic rings. The molecule has 3 saturated heterocycles. The van der Waals surface area contributed by atoms with E-state index < -0.39 is 18.2 Å². The predicted octanol–water partition coefficient (Wildman–Crippen LogP) is 1.11. The number of hydrogen-bond acceptors (Lipinski definition) is 5. The monoisotopic (exact) mass is 418 g/mol. The molecule has 3 fully saturated rings. The molecule has 0 aliphatic carbocycles. The van der Waals surface area contributed by atoms with Crippen LogP contribution in [0.2, 0.25) is 0 Å². The van der Waals surface area contributed by atoms with Crippen molar-refractivity contribution in [2.24, 2.45) is 5.92 Å². The number of carbonyl (C=O) groups excluding carboxylic acids is 2. The second kappa shape index (κ2) is 7.82. The number of urea groups is 1. The van der Waals surface area contributed by atoms with Gasteiger partial charge in [-0.3, -0.25) is 9.63 Å². The summed E-state index contributed by atoms with van der Waals surface area (Å²) in [4.78, 5) is 56.7. The van der Waals surface area contributed by atoms with Crippen molar-refractivity contribution < 1.29 is 34.2 Å². The summed E-state index contributed by atoms with van der Waals surface area (Å²) >= 11 is 0. The fourth-order valence-electron chi connectivity index (χ4n) is 4.44. The minimum absolute atomic E-state index is 0.0364. The number of carboxylic acid groups (broad SMARTS) is 2. The molecule has 2 N–H and O–H groups in total. The molecule has 0 spiro atoms. The zero-order chi connectivity index (χ0) is 21.4. The van der Waals surface area contributed by atoms with E-state index in [2.05, 4.69) is 0 Å². The molecule has 5 amide bonds. The van der Waals surface area contributed by atoms with Gasteiger partial charge in [0.25, 0.3) is 0 Å². The normalized spacial score (nSPS) is 24.9. The molecule has 160 valence electrons. The number of hydrogen-bond donors (Lipinski definition) is 2. The van der Waals surface area contributed by atoms with Crippen LogP contribution in [-0.2, 0) is 16.2 Å². The highest BCUT2D eigenvalue weighted by Gasteiger charge is 2.56.